The van der Waals surface area contributed by atoms with Crippen molar-refractivity contribution in [1.29, 1.82) is 0 Å². The molecule has 18 heavy (non-hydrogen) atoms. The Bertz CT molecular complexity index is 599. The maximum absolute atomic E-state index is 13.4. The highest BCUT2D eigenvalue weighted by Gasteiger charge is 2.08. The van der Waals surface area contributed by atoms with Gasteiger partial charge in [-0.05, 0) is 23.8 Å². The van der Waals surface area contributed by atoms with E-state index in [4.69, 9.17) is 5.11 Å². The van der Waals surface area contributed by atoms with Gasteiger partial charge in [0.25, 0.3) is 0 Å². The van der Waals surface area contributed by atoms with Gasteiger partial charge in [0.05, 0.1) is 5.56 Å². The number of pyridine rings is 1. The van der Waals surface area contributed by atoms with Crippen LogP contribution in [0.15, 0.2) is 36.5 Å². The number of carboxylic acids is 1. The molecule has 2 rings (SSSR count). The quantitative estimate of drug-likeness (QED) is 0.909. The van der Waals surface area contributed by atoms with E-state index >= 15 is 0 Å². The summed E-state index contributed by atoms with van der Waals surface area (Å²) in [7, 11) is 0. The summed E-state index contributed by atoms with van der Waals surface area (Å²) in [5.41, 5.74) is 0.773. The van der Waals surface area contributed by atoms with Gasteiger partial charge in [-0.15, -0.1) is 0 Å². The summed E-state index contributed by atoms with van der Waals surface area (Å²) in [6.45, 7) is 0. The Labute approximate surface area is 102 Å². The van der Waals surface area contributed by atoms with Crippen LogP contribution in [0.2, 0.25) is 0 Å². The van der Waals surface area contributed by atoms with Crippen molar-refractivity contribution in [2.24, 2.45) is 0 Å². The minimum absolute atomic E-state index is 0.0857. The van der Waals surface area contributed by atoms with Crippen LogP contribution in [0.25, 0.3) is 0 Å². The molecular weight excluding hydrogens is 240 g/mol. The summed E-state index contributed by atoms with van der Waals surface area (Å²) in [5.74, 6) is -2.39. The van der Waals surface area contributed by atoms with Crippen LogP contribution in [0.3, 0.4) is 0 Å². The van der Waals surface area contributed by atoms with Crippen LogP contribution in [0.1, 0.15) is 21.6 Å². The summed E-state index contributed by atoms with van der Waals surface area (Å²) in [6, 6.07) is 5.98. The maximum atomic E-state index is 13.4. The van der Waals surface area contributed by atoms with E-state index in [1.165, 1.54) is 24.4 Å². The van der Waals surface area contributed by atoms with Crippen molar-refractivity contribution in [1.82, 2.24) is 4.98 Å². The van der Waals surface area contributed by atoms with Gasteiger partial charge >= 0.3 is 5.97 Å². The van der Waals surface area contributed by atoms with E-state index in [9.17, 15) is 13.6 Å². The molecule has 0 saturated carbocycles. The topological polar surface area (TPSA) is 50.2 Å². The van der Waals surface area contributed by atoms with Crippen molar-refractivity contribution < 1.29 is 18.7 Å². The van der Waals surface area contributed by atoms with Gasteiger partial charge in [-0.1, -0.05) is 6.07 Å². The highest BCUT2D eigenvalue weighted by molar-refractivity contribution is 5.87. The van der Waals surface area contributed by atoms with Gasteiger partial charge in [-0.25, -0.2) is 13.6 Å². The van der Waals surface area contributed by atoms with Crippen LogP contribution in [-0.4, -0.2) is 16.1 Å². The van der Waals surface area contributed by atoms with Gasteiger partial charge < -0.3 is 5.11 Å². The fourth-order valence-electron chi connectivity index (χ4n) is 1.57. The summed E-state index contributed by atoms with van der Waals surface area (Å²) >= 11 is 0. The minimum Gasteiger partial charge on any atom is -0.478 e. The standard InChI is InChI=1S/C13H9F2NO2/c14-10-2-1-8(12(15)7-10)5-11-6-9(13(17)18)3-4-16-11/h1-4,6-7H,5H2,(H,17,18). The van der Waals surface area contributed by atoms with Crippen molar-refractivity contribution in [3.63, 3.8) is 0 Å². The predicted molar refractivity (Wildman–Crippen MR) is 60.4 cm³/mol. The summed E-state index contributed by atoms with van der Waals surface area (Å²) in [5, 5.41) is 8.81. The molecule has 1 N–H and O–H groups in total. The van der Waals surface area contributed by atoms with Gasteiger partial charge in [-0.2, -0.15) is 0 Å². The molecule has 5 heteroatoms. The number of hydrogen-bond donors (Lipinski definition) is 1. The molecule has 0 atom stereocenters. The first-order valence-electron chi connectivity index (χ1n) is 5.18. The third-order valence-corrected chi connectivity index (χ3v) is 2.45. The second-order valence-corrected chi connectivity index (χ2v) is 3.75. The number of halogens is 2. The van der Waals surface area contributed by atoms with E-state index in [2.05, 4.69) is 4.98 Å². The summed E-state index contributed by atoms with van der Waals surface area (Å²) in [6.07, 6.45) is 1.47. The van der Waals surface area contributed by atoms with Crippen molar-refractivity contribution in [2.75, 3.05) is 0 Å². The fourth-order valence-corrected chi connectivity index (χ4v) is 1.57. The largest absolute Gasteiger partial charge is 0.478 e. The second kappa shape index (κ2) is 4.91. The normalized spacial score (nSPS) is 10.3. The molecule has 92 valence electrons. The third-order valence-electron chi connectivity index (χ3n) is 2.45. The number of nitrogens with zero attached hydrogens (tertiary/aromatic N) is 1. The highest BCUT2D eigenvalue weighted by Crippen LogP contribution is 2.14. The fraction of sp³-hybridized carbons (Fsp3) is 0.0769. The van der Waals surface area contributed by atoms with Crippen LogP contribution in [0, 0.1) is 11.6 Å². The number of rotatable bonds is 3. The summed E-state index contributed by atoms with van der Waals surface area (Å²) in [4.78, 5) is 14.7. The van der Waals surface area contributed by atoms with Crippen LogP contribution >= 0.6 is 0 Å². The smallest absolute Gasteiger partial charge is 0.335 e. The van der Waals surface area contributed by atoms with Crippen molar-refractivity contribution in [2.45, 2.75) is 6.42 Å². The zero-order chi connectivity index (χ0) is 13.1. The molecule has 0 fully saturated rings. The number of carboxylic acid groups (broad SMARTS) is 1. The van der Waals surface area contributed by atoms with E-state index in [-0.39, 0.29) is 17.5 Å². The molecule has 0 amide bonds. The lowest BCUT2D eigenvalue weighted by Crippen LogP contribution is -2.01. The first kappa shape index (κ1) is 12.2. The molecule has 0 aliphatic carbocycles. The Morgan fingerprint density at radius 3 is 2.67 bits per heavy atom. The zero-order valence-corrected chi connectivity index (χ0v) is 9.23. The second-order valence-electron chi connectivity index (χ2n) is 3.75. The maximum Gasteiger partial charge on any atom is 0.335 e. The average Bonchev–Trinajstić information content (AvgIpc) is 2.33. The number of aromatic nitrogens is 1. The van der Waals surface area contributed by atoms with Crippen molar-refractivity contribution in [3.8, 4) is 0 Å². The van der Waals surface area contributed by atoms with E-state index in [0.717, 1.165) is 12.1 Å². The van der Waals surface area contributed by atoms with Crippen LogP contribution in [0.4, 0.5) is 8.78 Å². The SMILES string of the molecule is O=C(O)c1ccnc(Cc2ccc(F)cc2F)c1. The Morgan fingerprint density at radius 1 is 1.22 bits per heavy atom. The molecule has 2 aromatic rings. The van der Waals surface area contributed by atoms with E-state index in [0.29, 0.717) is 5.69 Å². The molecule has 0 saturated heterocycles. The van der Waals surface area contributed by atoms with Crippen molar-refractivity contribution >= 4 is 5.97 Å². The molecule has 0 aliphatic heterocycles. The monoisotopic (exact) mass is 249 g/mol. The number of carbonyl (C=O) groups is 1. The molecule has 0 spiro atoms. The highest BCUT2D eigenvalue weighted by atomic mass is 19.1. The average molecular weight is 249 g/mol. The molecular formula is C13H9F2NO2. The van der Waals surface area contributed by atoms with E-state index in [1.54, 1.807) is 0 Å². The van der Waals surface area contributed by atoms with E-state index < -0.39 is 17.6 Å². The Kier molecular flexibility index (Phi) is 3.32. The van der Waals surface area contributed by atoms with Crippen molar-refractivity contribution in [3.05, 3.63) is 65.0 Å². The first-order chi connectivity index (χ1) is 8.56. The van der Waals surface area contributed by atoms with Gasteiger partial charge in [0.15, 0.2) is 0 Å². The Morgan fingerprint density at radius 2 is 2.00 bits per heavy atom. The molecule has 1 aromatic heterocycles. The number of aromatic carboxylic acids is 1. The molecule has 0 radical (unpaired) electrons. The van der Waals surface area contributed by atoms with Gasteiger partial charge in [-0.3, -0.25) is 4.98 Å². The lowest BCUT2D eigenvalue weighted by molar-refractivity contribution is 0.0696. The molecule has 0 unspecified atom stereocenters. The van der Waals surface area contributed by atoms with Crippen LogP contribution < -0.4 is 0 Å². The molecule has 1 heterocycles. The Balaban J connectivity index is 2.28. The number of hydrogen-bond acceptors (Lipinski definition) is 2. The minimum atomic E-state index is -1.07. The van der Waals surface area contributed by atoms with Crippen LogP contribution in [-0.2, 0) is 6.42 Å². The Hall–Kier alpha value is -2.30. The molecule has 3 nitrogen and oxygen atoms in total. The molecule has 0 aliphatic rings. The third kappa shape index (κ3) is 2.68. The zero-order valence-electron chi connectivity index (χ0n) is 9.23. The van der Waals surface area contributed by atoms with Crippen LogP contribution in [0.5, 0.6) is 0 Å². The van der Waals surface area contributed by atoms with Gasteiger partial charge in [0.1, 0.15) is 11.6 Å². The number of benzene rings is 1. The summed E-state index contributed by atoms with van der Waals surface area (Å²) < 4.78 is 26.1. The lowest BCUT2D eigenvalue weighted by Gasteiger charge is -2.04. The first-order valence-corrected chi connectivity index (χ1v) is 5.18. The lowest BCUT2D eigenvalue weighted by atomic mass is 10.1. The van der Waals surface area contributed by atoms with E-state index in [1.807, 2.05) is 0 Å². The van der Waals surface area contributed by atoms with Gasteiger partial charge in [0.2, 0.25) is 0 Å². The van der Waals surface area contributed by atoms with Gasteiger partial charge in [0, 0.05) is 24.4 Å². The molecule has 1 aromatic carbocycles. The molecule has 0 bridgehead atoms. The predicted octanol–water partition coefficient (Wildman–Crippen LogP) is 2.65.